The Balaban J connectivity index is 0.841. The Morgan fingerprint density at radius 1 is 1.02 bits per heavy atom. The highest BCUT2D eigenvalue weighted by Crippen LogP contribution is 2.49. The van der Waals surface area contributed by atoms with Crippen LogP contribution in [0, 0.1) is 23.1 Å². The van der Waals surface area contributed by atoms with Crippen molar-refractivity contribution < 1.29 is 18.7 Å². The summed E-state index contributed by atoms with van der Waals surface area (Å²) in [5, 5.41) is 17.3. The van der Waals surface area contributed by atoms with Crippen LogP contribution in [0.1, 0.15) is 78.3 Å². The largest absolute Gasteiger partial charge is 0.442 e. The number of benzene rings is 1. The van der Waals surface area contributed by atoms with Gasteiger partial charge in [-0.1, -0.05) is 13.8 Å². The van der Waals surface area contributed by atoms with Gasteiger partial charge >= 0.3 is 6.09 Å². The Hall–Kier alpha value is -5.31. The number of anilines is 2. The van der Waals surface area contributed by atoms with Crippen molar-refractivity contribution in [3.8, 4) is 22.8 Å². The monoisotopic (exact) mass is 761 g/mol. The number of pyridine rings is 1. The molecule has 1 spiro atoms. The lowest BCUT2D eigenvalue weighted by atomic mass is 9.68. The summed E-state index contributed by atoms with van der Waals surface area (Å²) in [7, 11) is 0. The third-order valence-electron chi connectivity index (χ3n) is 11.7. The molecule has 2 aliphatic carbocycles. The Bertz CT molecular complexity index is 2260. The Labute approximate surface area is 325 Å². The van der Waals surface area contributed by atoms with Gasteiger partial charge in [0.05, 0.1) is 17.3 Å². The molecular formula is C41H48FN11O3. The summed E-state index contributed by atoms with van der Waals surface area (Å²) in [6, 6.07) is 7.26. The van der Waals surface area contributed by atoms with Crippen molar-refractivity contribution in [3.63, 3.8) is 0 Å². The predicted molar refractivity (Wildman–Crippen MR) is 208 cm³/mol. The molecular weight excluding hydrogens is 714 g/mol. The first-order chi connectivity index (χ1) is 26.9. The molecule has 5 aromatic rings. The molecule has 14 nitrogen and oxygen atoms in total. The lowest BCUT2D eigenvalue weighted by Crippen LogP contribution is -2.65. The van der Waals surface area contributed by atoms with Crippen LogP contribution in [0.25, 0.3) is 22.2 Å². The van der Waals surface area contributed by atoms with E-state index in [1.54, 1.807) is 31.0 Å². The Morgan fingerprint density at radius 2 is 1.84 bits per heavy atom. The van der Waals surface area contributed by atoms with Crippen LogP contribution in [0.4, 0.5) is 20.7 Å². The standard InChI is InChI=1S/C41H48FN11O3/c1-24(2)35(26-14-28(15-26)49-32-10-12-44-36-31(32)18-48-53(36)39(54)56-40(3,4)5)52-20-41(21-52)11-13-51(19-41)37-38(50-47-23-46-37)55-33-9-8-27(42)16-29(33)30-17-43-22-45-34(30)25-6-7-25/h8-10,12,16-18,22-26,28,35H,6-7,11,13-15,19-21H2,1-5H3,(H,44,49)/t26?,28?,35-/m1/s1. The number of nitrogens with one attached hydrogen (secondary N) is 1. The quantitative estimate of drug-likeness (QED) is 0.154. The molecule has 292 valence electrons. The topological polar surface area (TPSA) is 149 Å². The van der Waals surface area contributed by atoms with E-state index in [0.717, 1.165) is 80.6 Å². The number of ether oxygens (including phenoxy) is 2. The highest BCUT2D eigenvalue weighted by atomic mass is 19.1. The number of carbonyl (C=O) groups excluding carboxylic acids is 1. The van der Waals surface area contributed by atoms with Crippen molar-refractivity contribution in [1.29, 1.82) is 0 Å². The van der Waals surface area contributed by atoms with Crippen LogP contribution >= 0.6 is 0 Å². The maximum atomic E-state index is 14.6. The molecule has 9 rings (SSSR count). The van der Waals surface area contributed by atoms with Gasteiger partial charge in [0.2, 0.25) is 0 Å². The van der Waals surface area contributed by atoms with Crippen LogP contribution in [0.2, 0.25) is 0 Å². The van der Waals surface area contributed by atoms with Gasteiger partial charge in [-0.2, -0.15) is 5.10 Å². The Morgan fingerprint density at radius 3 is 2.61 bits per heavy atom. The lowest BCUT2D eigenvalue weighted by molar-refractivity contribution is -0.0656. The van der Waals surface area contributed by atoms with E-state index in [-0.39, 0.29) is 11.2 Å². The molecule has 2 aliphatic heterocycles. The van der Waals surface area contributed by atoms with E-state index in [1.807, 2.05) is 26.8 Å². The molecule has 2 saturated carbocycles. The van der Waals surface area contributed by atoms with Gasteiger partial charge in [0, 0.05) is 78.8 Å². The predicted octanol–water partition coefficient (Wildman–Crippen LogP) is 7.09. The zero-order valence-corrected chi connectivity index (χ0v) is 32.5. The minimum atomic E-state index is -0.629. The fraction of sp³-hybridized carbons (Fsp3) is 0.512. The number of rotatable bonds is 10. The first kappa shape index (κ1) is 36.3. The number of carbonyl (C=O) groups is 1. The van der Waals surface area contributed by atoms with Crippen molar-refractivity contribution >= 4 is 28.6 Å². The molecule has 4 aliphatic rings. The summed E-state index contributed by atoms with van der Waals surface area (Å²) < 4.78 is 27.8. The van der Waals surface area contributed by atoms with Gasteiger partial charge in [-0.15, -0.1) is 14.9 Å². The number of hydrogen-bond acceptors (Lipinski definition) is 13. The first-order valence-electron chi connectivity index (χ1n) is 19.7. The molecule has 1 aromatic carbocycles. The van der Waals surface area contributed by atoms with Gasteiger partial charge < -0.3 is 19.7 Å². The van der Waals surface area contributed by atoms with Crippen LogP contribution in [0.15, 0.2) is 55.5 Å². The van der Waals surface area contributed by atoms with Gasteiger partial charge in [-0.25, -0.2) is 29.1 Å². The molecule has 56 heavy (non-hydrogen) atoms. The minimum absolute atomic E-state index is 0.162. The van der Waals surface area contributed by atoms with Crippen molar-refractivity contribution in [1.82, 2.24) is 44.8 Å². The summed E-state index contributed by atoms with van der Waals surface area (Å²) >= 11 is 0. The highest BCUT2D eigenvalue weighted by Gasteiger charge is 2.53. The molecule has 4 fully saturated rings. The maximum Gasteiger partial charge on any atom is 0.437 e. The number of nitrogens with zero attached hydrogens (tertiary/aromatic N) is 10. The van der Waals surface area contributed by atoms with Crippen molar-refractivity contribution in [2.45, 2.75) is 90.3 Å². The highest BCUT2D eigenvalue weighted by molar-refractivity contribution is 5.93. The molecule has 0 radical (unpaired) electrons. The molecule has 1 N–H and O–H groups in total. The normalized spacial score (nSPS) is 21.2. The van der Waals surface area contributed by atoms with E-state index in [2.05, 4.69) is 64.2 Å². The number of likely N-dealkylation sites (tertiary alicyclic amines) is 1. The summed E-state index contributed by atoms with van der Waals surface area (Å²) in [5.41, 5.74) is 3.22. The average Bonchev–Trinajstić information content (AvgIpc) is 3.73. The third-order valence-corrected chi connectivity index (χ3v) is 11.7. The second-order valence-corrected chi connectivity index (χ2v) is 17.4. The van der Waals surface area contributed by atoms with E-state index in [9.17, 15) is 9.18 Å². The molecule has 1 atom stereocenters. The van der Waals surface area contributed by atoms with Gasteiger partial charge in [0.15, 0.2) is 11.5 Å². The van der Waals surface area contributed by atoms with Crippen LogP contribution in [0.5, 0.6) is 11.6 Å². The second kappa shape index (κ2) is 14.0. The molecule has 6 heterocycles. The van der Waals surface area contributed by atoms with Gasteiger partial charge in [-0.05, 0) is 89.0 Å². The molecule has 2 saturated heterocycles. The van der Waals surface area contributed by atoms with E-state index < -0.39 is 11.7 Å². The number of hydrogen-bond donors (Lipinski definition) is 1. The first-order valence-corrected chi connectivity index (χ1v) is 19.7. The van der Waals surface area contributed by atoms with Crippen LogP contribution in [-0.2, 0) is 4.74 Å². The number of aromatic nitrogens is 8. The second-order valence-electron chi connectivity index (χ2n) is 17.4. The van der Waals surface area contributed by atoms with Crippen molar-refractivity contribution in [2.24, 2.45) is 17.3 Å². The molecule has 15 heteroatoms. The summed E-state index contributed by atoms with van der Waals surface area (Å²) in [5.74, 6) is 2.50. The zero-order chi connectivity index (χ0) is 38.8. The molecule has 0 amide bonds. The van der Waals surface area contributed by atoms with Crippen LogP contribution in [0.3, 0.4) is 0 Å². The van der Waals surface area contributed by atoms with E-state index in [0.29, 0.717) is 58.5 Å². The lowest BCUT2D eigenvalue weighted by Gasteiger charge is -2.57. The maximum absolute atomic E-state index is 14.6. The van der Waals surface area contributed by atoms with Gasteiger partial charge in [-0.3, -0.25) is 4.90 Å². The SMILES string of the molecule is CC(C)[C@H](C1CC(Nc2ccnc3c2cnn3C(=O)OC(C)(C)C)C1)N1CC2(CCN(c3ncnnc3Oc3ccc(F)cc3-c3cncnc3C3CC3)C2)C1. The van der Waals surface area contributed by atoms with E-state index in [4.69, 9.17) is 9.47 Å². The van der Waals surface area contributed by atoms with Crippen molar-refractivity contribution in [2.75, 3.05) is 36.4 Å². The zero-order valence-electron chi connectivity index (χ0n) is 32.5. The average molecular weight is 762 g/mol. The third kappa shape index (κ3) is 7.01. The molecule has 0 unspecified atom stereocenters. The summed E-state index contributed by atoms with van der Waals surface area (Å²) in [6.07, 6.45) is 12.9. The molecule has 0 bridgehead atoms. The Kier molecular flexibility index (Phi) is 9.09. The number of fused-ring (bicyclic) bond motifs is 1. The fourth-order valence-corrected chi connectivity index (χ4v) is 9.11. The van der Waals surface area contributed by atoms with Crippen LogP contribution in [-0.4, -0.2) is 94.8 Å². The van der Waals surface area contributed by atoms with E-state index in [1.165, 1.54) is 23.1 Å². The fourth-order valence-electron chi connectivity index (χ4n) is 9.11. The summed E-state index contributed by atoms with van der Waals surface area (Å²) in [4.78, 5) is 35.6. The summed E-state index contributed by atoms with van der Waals surface area (Å²) in [6.45, 7) is 13.9. The van der Waals surface area contributed by atoms with E-state index >= 15 is 0 Å². The molecule has 4 aromatic heterocycles. The van der Waals surface area contributed by atoms with Gasteiger partial charge in [0.1, 0.15) is 29.8 Å². The minimum Gasteiger partial charge on any atom is -0.442 e. The van der Waals surface area contributed by atoms with Crippen LogP contribution < -0.4 is 15.0 Å². The van der Waals surface area contributed by atoms with Gasteiger partial charge in [0.25, 0.3) is 5.88 Å². The van der Waals surface area contributed by atoms with Crippen molar-refractivity contribution in [3.05, 3.63) is 67.0 Å². The number of halogens is 1. The smallest absolute Gasteiger partial charge is 0.437 e.